The summed E-state index contributed by atoms with van der Waals surface area (Å²) < 4.78 is 25.1. The zero-order chi connectivity index (χ0) is 13.2. The van der Waals surface area contributed by atoms with Crippen molar-refractivity contribution in [3.8, 4) is 0 Å². The summed E-state index contributed by atoms with van der Waals surface area (Å²) in [5.41, 5.74) is 0. The second kappa shape index (κ2) is 5.57. The van der Waals surface area contributed by atoms with Crippen LogP contribution in [0, 0.1) is 5.92 Å². The number of carbonyl (C=O) groups is 1. The van der Waals surface area contributed by atoms with Crippen molar-refractivity contribution in [1.29, 1.82) is 0 Å². The Bertz CT molecular complexity index is 398. The number of carbonyl (C=O) groups excluding carboxylic acids is 1. The fraction of sp³-hybridized carbons (Fsp3) is 0.917. The smallest absolute Gasteiger partial charge is 0.223 e. The van der Waals surface area contributed by atoms with E-state index in [1.165, 1.54) is 6.26 Å². The maximum Gasteiger partial charge on any atom is 0.223 e. The van der Waals surface area contributed by atoms with Gasteiger partial charge in [-0.15, -0.1) is 0 Å². The van der Waals surface area contributed by atoms with Crippen molar-refractivity contribution in [2.45, 2.75) is 44.6 Å². The SMILES string of the molecule is CS(=O)(=O)N(CCNC(=O)C1CC1)C1CCCC1. The lowest BCUT2D eigenvalue weighted by Crippen LogP contribution is -2.43. The summed E-state index contributed by atoms with van der Waals surface area (Å²) in [4.78, 5) is 11.5. The molecule has 0 radical (unpaired) electrons. The van der Waals surface area contributed by atoms with Gasteiger partial charge in [0.1, 0.15) is 0 Å². The Kier molecular flexibility index (Phi) is 4.27. The van der Waals surface area contributed by atoms with Crippen molar-refractivity contribution < 1.29 is 13.2 Å². The zero-order valence-electron chi connectivity index (χ0n) is 10.9. The predicted octanol–water partition coefficient (Wildman–Crippen LogP) is 0.717. The first-order chi connectivity index (χ1) is 8.48. The Morgan fingerprint density at radius 1 is 1.22 bits per heavy atom. The molecule has 0 saturated heterocycles. The molecule has 0 aliphatic heterocycles. The van der Waals surface area contributed by atoms with Gasteiger partial charge in [0.15, 0.2) is 0 Å². The summed E-state index contributed by atoms with van der Waals surface area (Å²) >= 11 is 0. The van der Waals surface area contributed by atoms with Gasteiger partial charge in [-0.05, 0) is 25.7 Å². The van der Waals surface area contributed by atoms with Gasteiger partial charge < -0.3 is 5.32 Å². The van der Waals surface area contributed by atoms with Gasteiger partial charge in [0.05, 0.1) is 6.26 Å². The predicted molar refractivity (Wildman–Crippen MR) is 69.5 cm³/mol. The van der Waals surface area contributed by atoms with E-state index >= 15 is 0 Å². The number of hydrogen-bond acceptors (Lipinski definition) is 3. The zero-order valence-corrected chi connectivity index (χ0v) is 11.7. The van der Waals surface area contributed by atoms with Crippen LogP contribution in [0.4, 0.5) is 0 Å². The lowest BCUT2D eigenvalue weighted by molar-refractivity contribution is -0.122. The highest BCUT2D eigenvalue weighted by Gasteiger charge is 2.31. The molecular weight excluding hydrogens is 252 g/mol. The summed E-state index contributed by atoms with van der Waals surface area (Å²) in [7, 11) is -3.17. The number of rotatable bonds is 6. The van der Waals surface area contributed by atoms with E-state index in [1.54, 1.807) is 4.31 Å². The third-order valence-electron chi connectivity index (χ3n) is 3.74. The minimum absolute atomic E-state index is 0.0786. The van der Waals surface area contributed by atoms with Crippen LogP contribution in [0.2, 0.25) is 0 Å². The molecule has 1 amide bonds. The fourth-order valence-corrected chi connectivity index (χ4v) is 3.77. The van der Waals surface area contributed by atoms with E-state index in [9.17, 15) is 13.2 Å². The van der Waals surface area contributed by atoms with Gasteiger partial charge in [-0.3, -0.25) is 4.79 Å². The average Bonchev–Trinajstić information content (AvgIpc) is 3.00. The Morgan fingerprint density at radius 2 is 1.83 bits per heavy atom. The van der Waals surface area contributed by atoms with Crippen molar-refractivity contribution >= 4 is 15.9 Å². The Morgan fingerprint density at radius 3 is 2.33 bits per heavy atom. The molecule has 0 spiro atoms. The first-order valence-electron chi connectivity index (χ1n) is 6.73. The Hall–Kier alpha value is -0.620. The van der Waals surface area contributed by atoms with Crippen LogP contribution in [0.5, 0.6) is 0 Å². The standard InChI is InChI=1S/C12H22N2O3S/c1-18(16,17)14(11-4-2-3-5-11)9-8-13-12(15)10-6-7-10/h10-11H,2-9H2,1H3,(H,13,15). The normalized spacial score (nSPS) is 21.4. The lowest BCUT2D eigenvalue weighted by Gasteiger charge is -2.26. The van der Waals surface area contributed by atoms with E-state index in [-0.39, 0.29) is 17.9 Å². The maximum atomic E-state index is 11.8. The van der Waals surface area contributed by atoms with Gasteiger partial charge in [-0.2, -0.15) is 4.31 Å². The largest absolute Gasteiger partial charge is 0.355 e. The highest BCUT2D eigenvalue weighted by molar-refractivity contribution is 7.88. The third kappa shape index (κ3) is 3.68. The van der Waals surface area contributed by atoms with Crippen LogP contribution in [0.15, 0.2) is 0 Å². The fourth-order valence-electron chi connectivity index (χ4n) is 2.59. The monoisotopic (exact) mass is 274 g/mol. The number of amides is 1. The van der Waals surface area contributed by atoms with E-state index in [2.05, 4.69) is 5.32 Å². The summed E-state index contributed by atoms with van der Waals surface area (Å²) in [5.74, 6) is 0.262. The molecule has 2 saturated carbocycles. The van der Waals surface area contributed by atoms with Gasteiger partial charge in [0, 0.05) is 25.0 Å². The Balaban J connectivity index is 1.83. The van der Waals surface area contributed by atoms with Crippen molar-refractivity contribution in [3.05, 3.63) is 0 Å². The molecule has 0 aromatic carbocycles. The number of nitrogens with zero attached hydrogens (tertiary/aromatic N) is 1. The van der Waals surface area contributed by atoms with E-state index < -0.39 is 10.0 Å². The van der Waals surface area contributed by atoms with E-state index in [0.717, 1.165) is 38.5 Å². The Labute approximate surface area is 109 Å². The summed E-state index contributed by atoms with van der Waals surface area (Å²) in [6, 6.07) is 0.137. The molecule has 0 atom stereocenters. The lowest BCUT2D eigenvalue weighted by atomic mass is 10.2. The van der Waals surface area contributed by atoms with Crippen LogP contribution in [0.25, 0.3) is 0 Å². The third-order valence-corrected chi connectivity index (χ3v) is 5.07. The van der Waals surface area contributed by atoms with Gasteiger partial charge in [-0.25, -0.2) is 8.42 Å². The average molecular weight is 274 g/mol. The quantitative estimate of drug-likeness (QED) is 0.776. The van der Waals surface area contributed by atoms with Crippen molar-refractivity contribution in [1.82, 2.24) is 9.62 Å². The van der Waals surface area contributed by atoms with Crippen LogP contribution in [-0.4, -0.2) is 44.0 Å². The van der Waals surface area contributed by atoms with Gasteiger partial charge >= 0.3 is 0 Å². The van der Waals surface area contributed by atoms with E-state index in [1.807, 2.05) is 0 Å². The van der Waals surface area contributed by atoms with Crippen LogP contribution >= 0.6 is 0 Å². The van der Waals surface area contributed by atoms with E-state index in [4.69, 9.17) is 0 Å². The number of nitrogens with one attached hydrogen (secondary N) is 1. The van der Waals surface area contributed by atoms with Crippen LogP contribution < -0.4 is 5.32 Å². The molecule has 2 rings (SSSR count). The molecule has 0 unspecified atom stereocenters. The van der Waals surface area contributed by atoms with Gasteiger partial charge in [0.2, 0.25) is 15.9 Å². The molecule has 0 bridgehead atoms. The molecule has 5 nitrogen and oxygen atoms in total. The van der Waals surface area contributed by atoms with Crippen LogP contribution in [0.1, 0.15) is 38.5 Å². The topological polar surface area (TPSA) is 66.5 Å². The van der Waals surface area contributed by atoms with E-state index in [0.29, 0.717) is 13.1 Å². The molecular formula is C12H22N2O3S. The number of sulfonamides is 1. The summed E-state index contributed by atoms with van der Waals surface area (Å²) in [5, 5.41) is 2.83. The molecule has 104 valence electrons. The van der Waals surface area contributed by atoms with Crippen molar-refractivity contribution in [3.63, 3.8) is 0 Å². The summed E-state index contributed by atoms with van der Waals surface area (Å²) in [6.45, 7) is 0.834. The van der Waals surface area contributed by atoms with Crippen molar-refractivity contribution in [2.24, 2.45) is 5.92 Å². The first-order valence-corrected chi connectivity index (χ1v) is 8.58. The van der Waals surface area contributed by atoms with Crippen molar-refractivity contribution in [2.75, 3.05) is 19.3 Å². The van der Waals surface area contributed by atoms with Gasteiger partial charge in [0.25, 0.3) is 0 Å². The maximum absolute atomic E-state index is 11.8. The molecule has 6 heteroatoms. The second-order valence-corrected chi connectivity index (χ2v) is 7.31. The minimum Gasteiger partial charge on any atom is -0.355 e. The molecule has 0 aromatic rings. The number of hydrogen-bond donors (Lipinski definition) is 1. The van der Waals surface area contributed by atoms with Gasteiger partial charge in [-0.1, -0.05) is 12.8 Å². The van der Waals surface area contributed by atoms with Crippen LogP contribution in [-0.2, 0) is 14.8 Å². The molecule has 0 heterocycles. The molecule has 18 heavy (non-hydrogen) atoms. The molecule has 2 aliphatic carbocycles. The summed E-state index contributed by atoms with van der Waals surface area (Å²) in [6.07, 6.45) is 7.31. The second-order valence-electron chi connectivity index (χ2n) is 5.38. The molecule has 1 N–H and O–H groups in total. The molecule has 2 fully saturated rings. The first kappa shape index (κ1) is 13.8. The highest BCUT2D eigenvalue weighted by Crippen LogP contribution is 2.28. The molecule has 2 aliphatic rings. The van der Waals surface area contributed by atoms with Crippen LogP contribution in [0.3, 0.4) is 0 Å². The molecule has 0 aromatic heterocycles. The minimum atomic E-state index is -3.17. The highest BCUT2D eigenvalue weighted by atomic mass is 32.2.